The highest BCUT2D eigenvalue weighted by Gasteiger charge is 2.30. The normalized spacial score (nSPS) is 13.6. The fourth-order valence-electron chi connectivity index (χ4n) is 3.72. The summed E-state index contributed by atoms with van der Waals surface area (Å²) < 4.78 is 32.4. The SMILES string of the molecule is COc1ccc(C)c2c1N(C(=O)CN(C)S(=O)(=O)c1ccc(NC(C)=O)cc1)CCC2. The molecule has 9 heteroatoms. The van der Waals surface area contributed by atoms with Crippen LogP contribution in [-0.2, 0) is 26.0 Å². The van der Waals surface area contributed by atoms with Crippen molar-refractivity contribution < 1.29 is 22.7 Å². The molecule has 0 bridgehead atoms. The number of carbonyl (C=O) groups excluding carboxylic acids is 2. The fourth-order valence-corrected chi connectivity index (χ4v) is 4.84. The first-order chi connectivity index (χ1) is 14.6. The third-order valence-corrected chi connectivity index (χ3v) is 7.14. The zero-order valence-corrected chi connectivity index (χ0v) is 19.0. The van der Waals surface area contributed by atoms with Gasteiger partial charge in [0, 0.05) is 26.2 Å². The molecule has 2 amide bonds. The van der Waals surface area contributed by atoms with Gasteiger partial charge in [0.1, 0.15) is 5.75 Å². The van der Waals surface area contributed by atoms with E-state index < -0.39 is 10.0 Å². The van der Waals surface area contributed by atoms with Crippen LogP contribution in [0.25, 0.3) is 0 Å². The minimum absolute atomic E-state index is 0.0457. The molecule has 1 heterocycles. The molecule has 3 rings (SSSR count). The van der Waals surface area contributed by atoms with E-state index in [-0.39, 0.29) is 23.3 Å². The topological polar surface area (TPSA) is 96.0 Å². The molecule has 0 spiro atoms. The van der Waals surface area contributed by atoms with Crippen LogP contribution in [0.15, 0.2) is 41.3 Å². The number of methoxy groups -OCH3 is 1. The van der Waals surface area contributed by atoms with Gasteiger partial charge in [-0.05, 0) is 61.2 Å². The van der Waals surface area contributed by atoms with E-state index in [4.69, 9.17) is 4.74 Å². The van der Waals surface area contributed by atoms with E-state index in [9.17, 15) is 18.0 Å². The Labute approximate surface area is 182 Å². The second-order valence-corrected chi connectivity index (χ2v) is 9.57. The second kappa shape index (κ2) is 9.07. The fraction of sp³-hybridized carbons (Fsp3) is 0.364. The highest BCUT2D eigenvalue weighted by molar-refractivity contribution is 7.89. The van der Waals surface area contributed by atoms with Crippen molar-refractivity contribution in [1.82, 2.24) is 4.31 Å². The molecule has 2 aromatic rings. The first-order valence-electron chi connectivity index (χ1n) is 9.96. The van der Waals surface area contributed by atoms with Gasteiger partial charge in [0.15, 0.2) is 0 Å². The van der Waals surface area contributed by atoms with Crippen molar-refractivity contribution in [3.05, 3.63) is 47.5 Å². The molecular formula is C22H27N3O5S. The van der Waals surface area contributed by atoms with Crippen LogP contribution in [0.3, 0.4) is 0 Å². The Morgan fingerprint density at radius 1 is 1.16 bits per heavy atom. The van der Waals surface area contributed by atoms with Crippen molar-refractivity contribution >= 4 is 33.2 Å². The summed E-state index contributed by atoms with van der Waals surface area (Å²) in [4.78, 5) is 25.9. The molecule has 0 aromatic heterocycles. The van der Waals surface area contributed by atoms with Crippen molar-refractivity contribution in [3.63, 3.8) is 0 Å². The van der Waals surface area contributed by atoms with Crippen LogP contribution in [0, 0.1) is 6.92 Å². The summed E-state index contributed by atoms with van der Waals surface area (Å²) >= 11 is 0. The number of nitrogens with zero attached hydrogens (tertiary/aromatic N) is 2. The smallest absolute Gasteiger partial charge is 0.243 e. The van der Waals surface area contributed by atoms with Crippen molar-refractivity contribution in [1.29, 1.82) is 0 Å². The number of hydrogen-bond acceptors (Lipinski definition) is 5. The van der Waals surface area contributed by atoms with E-state index >= 15 is 0 Å². The molecule has 0 unspecified atom stereocenters. The lowest BCUT2D eigenvalue weighted by Gasteiger charge is -2.33. The van der Waals surface area contributed by atoms with Crippen LogP contribution in [0.1, 0.15) is 24.5 Å². The minimum Gasteiger partial charge on any atom is -0.495 e. The third-order valence-electron chi connectivity index (χ3n) is 5.32. The molecule has 0 atom stereocenters. The van der Waals surface area contributed by atoms with Crippen LogP contribution in [0.4, 0.5) is 11.4 Å². The van der Waals surface area contributed by atoms with Gasteiger partial charge in [0.25, 0.3) is 0 Å². The van der Waals surface area contributed by atoms with Crippen LogP contribution >= 0.6 is 0 Å². The van der Waals surface area contributed by atoms with E-state index in [1.54, 1.807) is 12.0 Å². The number of benzene rings is 2. The Hall–Kier alpha value is -2.91. The summed E-state index contributed by atoms with van der Waals surface area (Å²) in [5, 5.41) is 2.59. The van der Waals surface area contributed by atoms with E-state index in [2.05, 4.69) is 5.32 Å². The monoisotopic (exact) mass is 445 g/mol. The van der Waals surface area contributed by atoms with Crippen molar-refractivity contribution in [2.75, 3.05) is 37.5 Å². The quantitative estimate of drug-likeness (QED) is 0.737. The molecule has 8 nitrogen and oxygen atoms in total. The standard InChI is InChI=1S/C22H27N3O5S/c1-15-7-12-20(30-4)22-19(15)6-5-13-25(22)21(27)14-24(3)31(28,29)18-10-8-17(9-11-18)23-16(2)26/h7-12H,5-6,13-14H2,1-4H3,(H,23,26). The lowest BCUT2D eigenvalue weighted by atomic mass is 9.96. The van der Waals surface area contributed by atoms with Gasteiger partial charge in [0.2, 0.25) is 21.8 Å². The average Bonchev–Trinajstić information content (AvgIpc) is 2.73. The number of rotatable bonds is 6. The van der Waals surface area contributed by atoms with Gasteiger partial charge in [-0.15, -0.1) is 0 Å². The van der Waals surface area contributed by atoms with Crippen LogP contribution in [0.5, 0.6) is 5.75 Å². The number of carbonyl (C=O) groups is 2. The predicted octanol–water partition coefficient (Wildman–Crippen LogP) is 2.56. The van der Waals surface area contributed by atoms with Crippen molar-refractivity contribution in [2.24, 2.45) is 0 Å². The maximum Gasteiger partial charge on any atom is 0.243 e. The largest absolute Gasteiger partial charge is 0.495 e. The summed E-state index contributed by atoms with van der Waals surface area (Å²) in [5.74, 6) is 0.0457. The van der Waals surface area contributed by atoms with Gasteiger partial charge < -0.3 is 15.0 Å². The number of anilines is 2. The molecule has 0 aliphatic carbocycles. The molecule has 1 aliphatic rings. The van der Waals surface area contributed by atoms with E-state index in [1.807, 2.05) is 19.1 Å². The molecule has 166 valence electrons. The number of ether oxygens (including phenoxy) is 1. The summed E-state index contributed by atoms with van der Waals surface area (Å²) in [6.45, 7) is 3.57. The second-order valence-electron chi connectivity index (χ2n) is 7.53. The number of hydrogen-bond donors (Lipinski definition) is 1. The Morgan fingerprint density at radius 3 is 2.45 bits per heavy atom. The lowest BCUT2D eigenvalue weighted by Crippen LogP contribution is -2.43. The highest BCUT2D eigenvalue weighted by Crippen LogP contribution is 2.38. The molecule has 0 fully saturated rings. The zero-order valence-electron chi connectivity index (χ0n) is 18.1. The molecule has 2 aromatic carbocycles. The van der Waals surface area contributed by atoms with E-state index in [1.165, 1.54) is 38.2 Å². The Balaban J connectivity index is 1.81. The first-order valence-corrected chi connectivity index (χ1v) is 11.4. The molecule has 0 saturated carbocycles. The van der Waals surface area contributed by atoms with Crippen molar-refractivity contribution in [2.45, 2.75) is 31.6 Å². The van der Waals surface area contributed by atoms with Crippen molar-refractivity contribution in [3.8, 4) is 5.75 Å². The average molecular weight is 446 g/mol. The minimum atomic E-state index is -3.88. The van der Waals surface area contributed by atoms with E-state index in [0.717, 1.165) is 34.0 Å². The highest BCUT2D eigenvalue weighted by atomic mass is 32.2. The number of fused-ring (bicyclic) bond motifs is 1. The Bertz CT molecular complexity index is 1100. The van der Waals surface area contributed by atoms with Gasteiger partial charge >= 0.3 is 0 Å². The molecule has 31 heavy (non-hydrogen) atoms. The molecular weight excluding hydrogens is 418 g/mol. The van der Waals surface area contributed by atoms with Gasteiger partial charge in [-0.1, -0.05) is 6.07 Å². The van der Waals surface area contributed by atoms with Crippen LogP contribution < -0.4 is 15.0 Å². The summed E-state index contributed by atoms with van der Waals surface area (Å²) in [6.07, 6.45) is 1.64. The summed E-state index contributed by atoms with van der Waals surface area (Å²) in [6, 6.07) is 9.63. The van der Waals surface area contributed by atoms with Gasteiger partial charge in [-0.2, -0.15) is 4.31 Å². The Kier molecular flexibility index (Phi) is 6.66. The molecule has 1 N–H and O–H groups in total. The lowest BCUT2D eigenvalue weighted by molar-refractivity contribution is -0.118. The Morgan fingerprint density at radius 2 is 1.84 bits per heavy atom. The van der Waals surface area contributed by atoms with Gasteiger partial charge in [-0.3, -0.25) is 9.59 Å². The third kappa shape index (κ3) is 4.72. The van der Waals surface area contributed by atoms with Crippen LogP contribution in [-0.4, -0.2) is 51.8 Å². The maximum absolute atomic E-state index is 13.1. The van der Waals surface area contributed by atoms with Gasteiger partial charge in [0.05, 0.1) is 24.2 Å². The number of likely N-dealkylation sites (N-methyl/N-ethyl adjacent to an activating group) is 1. The summed E-state index contributed by atoms with van der Waals surface area (Å²) in [7, 11) is -0.936. The molecule has 1 aliphatic heterocycles. The number of sulfonamides is 1. The number of aryl methyl sites for hydroxylation is 1. The summed E-state index contributed by atoms with van der Waals surface area (Å²) in [5.41, 5.74) is 3.35. The number of amides is 2. The maximum atomic E-state index is 13.1. The van der Waals surface area contributed by atoms with Gasteiger partial charge in [-0.25, -0.2) is 8.42 Å². The van der Waals surface area contributed by atoms with E-state index in [0.29, 0.717) is 18.0 Å². The first kappa shape index (κ1) is 22.8. The predicted molar refractivity (Wildman–Crippen MR) is 119 cm³/mol. The number of nitrogens with one attached hydrogen (secondary N) is 1. The van der Waals surface area contributed by atoms with Crippen LogP contribution in [0.2, 0.25) is 0 Å². The molecule has 0 saturated heterocycles. The zero-order chi connectivity index (χ0) is 22.8. The molecule has 0 radical (unpaired) electrons.